The highest BCUT2D eigenvalue weighted by Gasteiger charge is 2.46. The van der Waals surface area contributed by atoms with Gasteiger partial charge in [0.1, 0.15) is 6.04 Å². The number of rotatable bonds is 2. The molecule has 7 nitrogen and oxygen atoms in total. The van der Waals surface area contributed by atoms with E-state index in [0.29, 0.717) is 32.5 Å². The molecule has 3 heterocycles. The Morgan fingerprint density at radius 3 is 2.52 bits per heavy atom. The Labute approximate surface area is 149 Å². The van der Waals surface area contributed by atoms with E-state index in [4.69, 9.17) is 4.74 Å². The van der Waals surface area contributed by atoms with Crippen LogP contribution in [0, 0.1) is 5.41 Å². The number of hydrogen-bond acceptors (Lipinski definition) is 4. The molecule has 1 unspecified atom stereocenters. The summed E-state index contributed by atoms with van der Waals surface area (Å²) in [6, 6.07) is -0.396. The van der Waals surface area contributed by atoms with Crippen molar-refractivity contribution in [2.24, 2.45) is 5.41 Å². The SMILES string of the molecule is CCN1CC2(CCN(C(=O)C3CCCCN3C(=O)OC)CC2)CC1=O. The zero-order valence-corrected chi connectivity index (χ0v) is 15.3. The van der Waals surface area contributed by atoms with Gasteiger partial charge in [-0.15, -0.1) is 0 Å². The van der Waals surface area contributed by atoms with Crippen molar-refractivity contribution in [1.29, 1.82) is 0 Å². The summed E-state index contributed by atoms with van der Waals surface area (Å²) in [5.74, 6) is 0.281. The van der Waals surface area contributed by atoms with Crippen molar-refractivity contribution < 1.29 is 19.1 Å². The first-order valence-corrected chi connectivity index (χ1v) is 9.41. The van der Waals surface area contributed by atoms with Crippen LogP contribution >= 0.6 is 0 Å². The third kappa shape index (κ3) is 3.46. The smallest absolute Gasteiger partial charge is 0.410 e. The molecule has 3 saturated heterocycles. The number of likely N-dealkylation sites (tertiary alicyclic amines) is 3. The molecule has 7 heteroatoms. The average molecular weight is 351 g/mol. The lowest BCUT2D eigenvalue weighted by Gasteiger charge is -2.42. The molecule has 3 aliphatic heterocycles. The van der Waals surface area contributed by atoms with Gasteiger partial charge >= 0.3 is 6.09 Å². The third-order valence-electron chi connectivity index (χ3n) is 6.12. The van der Waals surface area contributed by atoms with E-state index in [1.165, 1.54) is 7.11 Å². The van der Waals surface area contributed by atoms with Crippen LogP contribution in [0.15, 0.2) is 0 Å². The molecule has 1 spiro atoms. The average Bonchev–Trinajstić information content (AvgIpc) is 2.96. The molecule has 0 aliphatic carbocycles. The fourth-order valence-corrected chi connectivity index (χ4v) is 4.54. The number of hydrogen-bond donors (Lipinski definition) is 0. The van der Waals surface area contributed by atoms with Crippen molar-refractivity contribution in [3.63, 3.8) is 0 Å². The normalized spacial score (nSPS) is 26.2. The second kappa shape index (κ2) is 7.22. The lowest BCUT2D eigenvalue weighted by Crippen LogP contribution is -2.55. The second-order valence-corrected chi connectivity index (χ2v) is 7.58. The Hall–Kier alpha value is -1.79. The van der Waals surface area contributed by atoms with Gasteiger partial charge in [0, 0.05) is 44.6 Å². The summed E-state index contributed by atoms with van der Waals surface area (Å²) in [5, 5.41) is 0. The summed E-state index contributed by atoms with van der Waals surface area (Å²) in [7, 11) is 1.36. The zero-order chi connectivity index (χ0) is 18.0. The molecule has 3 amide bonds. The highest BCUT2D eigenvalue weighted by molar-refractivity contribution is 5.86. The van der Waals surface area contributed by atoms with Crippen LogP contribution in [-0.2, 0) is 14.3 Å². The molecule has 0 N–H and O–H groups in total. The minimum atomic E-state index is -0.411. The standard InChI is InChI=1S/C18H29N3O4/c1-3-19-13-18(12-15(19)22)7-10-20(11-8-18)16(23)14-6-4-5-9-21(14)17(24)25-2/h14H,3-13H2,1-2H3. The largest absolute Gasteiger partial charge is 0.453 e. The van der Waals surface area contributed by atoms with Gasteiger partial charge in [0.05, 0.1) is 7.11 Å². The molecule has 0 saturated carbocycles. The molecule has 140 valence electrons. The van der Waals surface area contributed by atoms with Crippen LogP contribution in [-0.4, -0.2) is 78.5 Å². The number of carbonyl (C=O) groups is 3. The molecular formula is C18H29N3O4. The lowest BCUT2D eigenvalue weighted by atomic mass is 9.77. The van der Waals surface area contributed by atoms with E-state index in [1.807, 2.05) is 16.7 Å². The van der Waals surface area contributed by atoms with Gasteiger partial charge in [-0.3, -0.25) is 14.5 Å². The number of piperidine rings is 2. The maximum Gasteiger partial charge on any atom is 0.410 e. The first-order valence-electron chi connectivity index (χ1n) is 9.41. The van der Waals surface area contributed by atoms with Crippen molar-refractivity contribution in [2.75, 3.05) is 39.8 Å². The van der Waals surface area contributed by atoms with Gasteiger partial charge in [-0.05, 0) is 39.0 Å². The summed E-state index contributed by atoms with van der Waals surface area (Å²) in [6.45, 7) is 5.53. The summed E-state index contributed by atoms with van der Waals surface area (Å²) in [4.78, 5) is 42.4. The van der Waals surface area contributed by atoms with Crippen molar-refractivity contribution in [3.8, 4) is 0 Å². The highest BCUT2D eigenvalue weighted by atomic mass is 16.5. The van der Waals surface area contributed by atoms with Crippen LogP contribution < -0.4 is 0 Å². The predicted molar refractivity (Wildman–Crippen MR) is 91.9 cm³/mol. The Kier molecular flexibility index (Phi) is 5.20. The van der Waals surface area contributed by atoms with E-state index in [0.717, 1.165) is 38.8 Å². The van der Waals surface area contributed by atoms with Crippen LogP contribution in [0.2, 0.25) is 0 Å². The van der Waals surface area contributed by atoms with Crippen molar-refractivity contribution in [3.05, 3.63) is 0 Å². The van der Waals surface area contributed by atoms with Gasteiger partial charge in [-0.2, -0.15) is 0 Å². The topological polar surface area (TPSA) is 70.2 Å². The molecule has 3 rings (SSSR count). The lowest BCUT2D eigenvalue weighted by molar-refractivity contribution is -0.139. The van der Waals surface area contributed by atoms with E-state index in [-0.39, 0.29) is 17.2 Å². The molecule has 0 radical (unpaired) electrons. The molecule has 0 bridgehead atoms. The van der Waals surface area contributed by atoms with Crippen LogP contribution in [0.25, 0.3) is 0 Å². The van der Waals surface area contributed by atoms with Crippen LogP contribution in [0.4, 0.5) is 4.79 Å². The Bertz CT molecular complexity index is 542. The van der Waals surface area contributed by atoms with Crippen LogP contribution in [0.1, 0.15) is 45.4 Å². The molecule has 3 fully saturated rings. The fourth-order valence-electron chi connectivity index (χ4n) is 4.54. The third-order valence-corrected chi connectivity index (χ3v) is 6.12. The highest BCUT2D eigenvalue weighted by Crippen LogP contribution is 2.41. The number of carbonyl (C=O) groups excluding carboxylic acids is 3. The molecule has 1 atom stereocenters. The maximum absolute atomic E-state index is 13.0. The molecular weight excluding hydrogens is 322 g/mol. The fraction of sp³-hybridized carbons (Fsp3) is 0.833. The van der Waals surface area contributed by atoms with Crippen molar-refractivity contribution in [1.82, 2.24) is 14.7 Å². The summed E-state index contributed by atoms with van der Waals surface area (Å²) >= 11 is 0. The van der Waals surface area contributed by atoms with Gasteiger partial charge < -0.3 is 14.5 Å². The Morgan fingerprint density at radius 1 is 1.20 bits per heavy atom. The first kappa shape index (κ1) is 18.0. The second-order valence-electron chi connectivity index (χ2n) is 7.58. The zero-order valence-electron chi connectivity index (χ0n) is 15.3. The quantitative estimate of drug-likeness (QED) is 0.755. The minimum Gasteiger partial charge on any atom is -0.453 e. The van der Waals surface area contributed by atoms with E-state index in [1.54, 1.807) is 4.90 Å². The van der Waals surface area contributed by atoms with Gasteiger partial charge in [-0.1, -0.05) is 0 Å². The molecule has 0 aromatic heterocycles. The van der Waals surface area contributed by atoms with Crippen LogP contribution in [0.5, 0.6) is 0 Å². The number of amides is 3. The number of ether oxygens (including phenoxy) is 1. The molecule has 3 aliphatic rings. The number of methoxy groups -OCH3 is 1. The molecule has 0 aromatic carbocycles. The van der Waals surface area contributed by atoms with Crippen molar-refractivity contribution >= 4 is 17.9 Å². The Balaban J connectivity index is 1.61. The minimum absolute atomic E-state index is 0.0385. The van der Waals surface area contributed by atoms with E-state index in [9.17, 15) is 14.4 Å². The van der Waals surface area contributed by atoms with E-state index in [2.05, 4.69) is 0 Å². The van der Waals surface area contributed by atoms with Crippen molar-refractivity contribution in [2.45, 2.75) is 51.5 Å². The van der Waals surface area contributed by atoms with E-state index < -0.39 is 12.1 Å². The predicted octanol–water partition coefficient (Wildman–Crippen LogP) is 1.47. The molecule has 25 heavy (non-hydrogen) atoms. The Morgan fingerprint density at radius 2 is 1.92 bits per heavy atom. The maximum atomic E-state index is 13.0. The van der Waals surface area contributed by atoms with Crippen LogP contribution in [0.3, 0.4) is 0 Å². The van der Waals surface area contributed by atoms with E-state index >= 15 is 0 Å². The summed E-state index contributed by atoms with van der Waals surface area (Å²) in [5.41, 5.74) is 0.0402. The van der Waals surface area contributed by atoms with Gasteiger partial charge in [-0.25, -0.2) is 4.79 Å². The monoisotopic (exact) mass is 351 g/mol. The molecule has 0 aromatic rings. The number of nitrogens with zero attached hydrogens (tertiary/aromatic N) is 3. The van der Waals surface area contributed by atoms with Gasteiger partial charge in [0.15, 0.2) is 0 Å². The first-order chi connectivity index (χ1) is 12.0. The van der Waals surface area contributed by atoms with Gasteiger partial charge in [0.2, 0.25) is 11.8 Å². The summed E-state index contributed by atoms with van der Waals surface area (Å²) < 4.78 is 4.84. The van der Waals surface area contributed by atoms with Gasteiger partial charge in [0.25, 0.3) is 0 Å². The summed E-state index contributed by atoms with van der Waals surface area (Å²) in [6.07, 6.45) is 4.51.